The first kappa shape index (κ1) is 25.0. The lowest BCUT2D eigenvalue weighted by atomic mass is 9.63. The first-order valence-electron chi connectivity index (χ1n) is 11.0. The van der Waals surface area contributed by atoms with E-state index in [1.54, 1.807) is 0 Å². The summed E-state index contributed by atoms with van der Waals surface area (Å²) in [6.45, 7) is 29.6. The van der Waals surface area contributed by atoms with Crippen molar-refractivity contribution >= 4 is 0 Å². The first-order chi connectivity index (χ1) is 11.7. The molecule has 0 radical (unpaired) electrons. The van der Waals surface area contributed by atoms with Crippen molar-refractivity contribution in [1.82, 2.24) is 0 Å². The van der Waals surface area contributed by atoms with Crippen molar-refractivity contribution < 1.29 is 9.47 Å². The second-order valence-electron chi connectivity index (χ2n) is 14.0. The molecule has 2 nitrogen and oxygen atoms in total. The van der Waals surface area contributed by atoms with E-state index in [1.807, 2.05) is 13.8 Å². The van der Waals surface area contributed by atoms with Gasteiger partial charge in [0.2, 0.25) is 0 Å². The molecule has 0 aromatic carbocycles. The minimum absolute atomic E-state index is 0.124. The molecule has 0 spiro atoms. The Morgan fingerprint density at radius 1 is 0.667 bits per heavy atom. The predicted octanol–water partition coefficient (Wildman–Crippen LogP) is 7.85. The summed E-state index contributed by atoms with van der Waals surface area (Å²) < 4.78 is 12.4. The van der Waals surface area contributed by atoms with E-state index in [-0.39, 0.29) is 10.8 Å². The Bertz CT molecular complexity index is 462. The van der Waals surface area contributed by atoms with Crippen molar-refractivity contribution in [2.24, 2.45) is 27.1 Å². The third kappa shape index (κ3) is 9.79. The molecule has 0 aromatic heterocycles. The summed E-state index contributed by atoms with van der Waals surface area (Å²) in [7, 11) is 0. The maximum Gasteiger partial charge on any atom is 0.162 e. The molecule has 0 aromatic rings. The summed E-state index contributed by atoms with van der Waals surface area (Å²) in [4.78, 5) is 0. The summed E-state index contributed by atoms with van der Waals surface area (Å²) in [6.07, 6.45) is 6.03. The Morgan fingerprint density at radius 3 is 1.48 bits per heavy atom. The molecule has 0 saturated carbocycles. The second-order valence-corrected chi connectivity index (χ2v) is 14.0. The second kappa shape index (κ2) is 7.98. The highest BCUT2D eigenvalue weighted by Gasteiger charge is 2.44. The molecule has 1 heterocycles. The van der Waals surface area contributed by atoms with Crippen LogP contribution in [-0.4, -0.2) is 19.0 Å². The molecule has 1 aliphatic heterocycles. The molecule has 1 rings (SSSR count). The van der Waals surface area contributed by atoms with E-state index in [4.69, 9.17) is 9.47 Å². The zero-order chi connectivity index (χ0) is 21.4. The zero-order valence-electron chi connectivity index (χ0n) is 20.8. The lowest BCUT2D eigenvalue weighted by Gasteiger charge is -2.49. The Morgan fingerprint density at radius 2 is 1.07 bits per heavy atom. The van der Waals surface area contributed by atoms with Gasteiger partial charge >= 0.3 is 0 Å². The van der Waals surface area contributed by atoms with Crippen molar-refractivity contribution in [3.8, 4) is 0 Å². The molecule has 0 bridgehead atoms. The molecule has 0 N–H and O–H groups in total. The van der Waals surface area contributed by atoms with E-state index >= 15 is 0 Å². The van der Waals surface area contributed by atoms with Gasteiger partial charge in [-0.15, -0.1) is 0 Å². The first-order valence-corrected chi connectivity index (χ1v) is 11.0. The van der Waals surface area contributed by atoms with Crippen molar-refractivity contribution in [3.63, 3.8) is 0 Å². The summed E-state index contributed by atoms with van der Waals surface area (Å²) >= 11 is 0. The summed E-state index contributed by atoms with van der Waals surface area (Å²) in [5.41, 5.74) is 1.45. The van der Waals surface area contributed by atoms with Crippen LogP contribution in [0.25, 0.3) is 0 Å². The van der Waals surface area contributed by atoms with Crippen LogP contribution in [0.15, 0.2) is 0 Å². The highest BCUT2D eigenvalue weighted by atomic mass is 16.7. The molecule has 1 saturated heterocycles. The number of ether oxygens (including phenoxy) is 2. The van der Waals surface area contributed by atoms with Crippen molar-refractivity contribution in [2.45, 2.75) is 121 Å². The average molecular weight is 383 g/mol. The Labute approximate surface area is 171 Å². The molecule has 2 heteroatoms. The van der Waals surface area contributed by atoms with E-state index in [9.17, 15) is 0 Å². The third-order valence-corrected chi connectivity index (χ3v) is 5.66. The largest absolute Gasteiger partial charge is 0.350 e. The SMILES string of the molecule is CC(C)(C)CC(C)(C)CCC1(CC(C)(C)CC(C)(C)C)COC(C)(C)OC1. The number of rotatable bonds is 7. The van der Waals surface area contributed by atoms with Gasteiger partial charge in [-0.3, -0.25) is 0 Å². The molecule has 0 unspecified atom stereocenters. The van der Waals surface area contributed by atoms with Gasteiger partial charge in [0.25, 0.3) is 0 Å². The lowest BCUT2D eigenvalue weighted by molar-refractivity contribution is -0.292. The highest BCUT2D eigenvalue weighted by molar-refractivity contribution is 4.92. The fourth-order valence-corrected chi connectivity index (χ4v) is 5.71. The molecule has 1 aliphatic rings. The van der Waals surface area contributed by atoms with E-state index in [2.05, 4.69) is 69.2 Å². The summed E-state index contributed by atoms with van der Waals surface area (Å²) in [6, 6.07) is 0. The Hall–Kier alpha value is -0.0800. The zero-order valence-corrected chi connectivity index (χ0v) is 20.8. The maximum absolute atomic E-state index is 6.20. The van der Waals surface area contributed by atoms with Crippen LogP contribution < -0.4 is 0 Å². The van der Waals surface area contributed by atoms with Gasteiger partial charge in [-0.1, -0.05) is 69.2 Å². The number of hydrogen-bond donors (Lipinski definition) is 0. The minimum atomic E-state index is -0.446. The van der Waals surface area contributed by atoms with Gasteiger partial charge in [-0.05, 0) is 67.6 Å². The Balaban J connectivity index is 2.93. The average Bonchev–Trinajstić information content (AvgIpc) is 2.34. The predicted molar refractivity (Wildman–Crippen MR) is 118 cm³/mol. The van der Waals surface area contributed by atoms with Gasteiger partial charge in [0.1, 0.15) is 0 Å². The van der Waals surface area contributed by atoms with Crippen molar-refractivity contribution in [3.05, 3.63) is 0 Å². The van der Waals surface area contributed by atoms with Gasteiger partial charge in [0, 0.05) is 5.41 Å². The minimum Gasteiger partial charge on any atom is -0.350 e. The smallest absolute Gasteiger partial charge is 0.162 e. The molecular formula is C25H50O2. The van der Waals surface area contributed by atoms with Crippen LogP contribution >= 0.6 is 0 Å². The quantitative estimate of drug-likeness (QED) is 0.446. The Kier molecular flexibility index (Phi) is 7.37. The molecule has 1 fully saturated rings. The van der Waals surface area contributed by atoms with E-state index in [1.165, 1.54) is 32.1 Å². The molecule has 27 heavy (non-hydrogen) atoms. The summed E-state index contributed by atoms with van der Waals surface area (Å²) in [5, 5.41) is 0. The van der Waals surface area contributed by atoms with Gasteiger partial charge in [0.05, 0.1) is 13.2 Å². The van der Waals surface area contributed by atoms with E-state index < -0.39 is 5.79 Å². The van der Waals surface area contributed by atoms with Crippen molar-refractivity contribution in [2.75, 3.05) is 13.2 Å². The normalized spacial score (nSPS) is 21.3. The molecular weight excluding hydrogens is 332 g/mol. The van der Waals surface area contributed by atoms with Crippen molar-refractivity contribution in [1.29, 1.82) is 0 Å². The molecule has 162 valence electrons. The fourth-order valence-electron chi connectivity index (χ4n) is 5.71. The topological polar surface area (TPSA) is 18.5 Å². The standard InChI is InChI=1S/C25H50O2/c1-20(2,3)15-22(7,8)13-14-25(18-26-24(11,12)27-19-25)17-23(9,10)16-21(4,5)6/h13-19H2,1-12H3. The van der Waals surface area contributed by atoms with Crippen LogP contribution in [0.1, 0.15) is 115 Å². The van der Waals surface area contributed by atoms with Crippen LogP contribution in [0.3, 0.4) is 0 Å². The maximum atomic E-state index is 6.20. The third-order valence-electron chi connectivity index (χ3n) is 5.66. The van der Waals surface area contributed by atoms with Gasteiger partial charge < -0.3 is 9.47 Å². The van der Waals surface area contributed by atoms with E-state index in [0.29, 0.717) is 16.2 Å². The van der Waals surface area contributed by atoms with Crippen LogP contribution in [-0.2, 0) is 9.47 Å². The van der Waals surface area contributed by atoms with Crippen LogP contribution in [0.4, 0.5) is 0 Å². The summed E-state index contributed by atoms with van der Waals surface area (Å²) in [5.74, 6) is -0.446. The van der Waals surface area contributed by atoms with Crippen LogP contribution in [0.2, 0.25) is 0 Å². The van der Waals surface area contributed by atoms with E-state index in [0.717, 1.165) is 13.2 Å². The molecule has 0 aliphatic carbocycles. The monoisotopic (exact) mass is 382 g/mol. The van der Waals surface area contributed by atoms with Crippen LogP contribution in [0, 0.1) is 27.1 Å². The van der Waals surface area contributed by atoms with Gasteiger partial charge in [-0.25, -0.2) is 0 Å². The fraction of sp³-hybridized carbons (Fsp3) is 1.00. The highest BCUT2D eigenvalue weighted by Crippen LogP contribution is 2.49. The number of hydrogen-bond acceptors (Lipinski definition) is 2. The molecule has 0 amide bonds. The van der Waals surface area contributed by atoms with Crippen LogP contribution in [0.5, 0.6) is 0 Å². The molecule has 0 atom stereocenters. The van der Waals surface area contributed by atoms with Gasteiger partial charge in [0.15, 0.2) is 5.79 Å². The van der Waals surface area contributed by atoms with Gasteiger partial charge in [-0.2, -0.15) is 0 Å². The lowest BCUT2D eigenvalue weighted by Crippen LogP contribution is -2.49.